The van der Waals surface area contributed by atoms with Gasteiger partial charge in [0.15, 0.2) is 11.5 Å². The second kappa shape index (κ2) is 5.52. The molecule has 1 N–H and O–H groups in total. The highest BCUT2D eigenvalue weighted by Crippen LogP contribution is 2.22. The fraction of sp³-hybridized carbons (Fsp3) is 0.583. The number of rotatable bonds is 5. The second-order valence-corrected chi connectivity index (χ2v) is 5.00. The maximum absolute atomic E-state index is 5.88. The Morgan fingerprint density at radius 3 is 2.83 bits per heavy atom. The van der Waals surface area contributed by atoms with Gasteiger partial charge in [0.1, 0.15) is 5.52 Å². The number of anilines is 1. The topological polar surface area (TPSA) is 55.6 Å². The number of aryl methyl sites for hydroxylation is 1. The van der Waals surface area contributed by atoms with Crippen molar-refractivity contribution in [1.29, 1.82) is 0 Å². The van der Waals surface area contributed by atoms with E-state index in [1.807, 2.05) is 6.92 Å². The fourth-order valence-electron chi connectivity index (χ4n) is 1.81. The van der Waals surface area contributed by atoms with Gasteiger partial charge < -0.3 is 9.88 Å². The molecule has 0 spiro atoms. The van der Waals surface area contributed by atoms with Crippen molar-refractivity contribution in [3.8, 4) is 0 Å². The summed E-state index contributed by atoms with van der Waals surface area (Å²) < 4.78 is 2.09. The van der Waals surface area contributed by atoms with Gasteiger partial charge in [0, 0.05) is 13.1 Å². The van der Waals surface area contributed by atoms with E-state index in [0.717, 1.165) is 30.8 Å². The van der Waals surface area contributed by atoms with Crippen molar-refractivity contribution in [3.63, 3.8) is 0 Å². The minimum atomic E-state index is 0.229. The number of nitrogens with zero attached hydrogens (tertiary/aromatic N) is 4. The van der Waals surface area contributed by atoms with Gasteiger partial charge in [-0.05, 0) is 30.9 Å². The van der Waals surface area contributed by atoms with E-state index in [2.05, 4.69) is 38.7 Å². The first-order chi connectivity index (χ1) is 8.61. The third-order valence-corrected chi connectivity index (χ3v) is 2.91. The minimum absolute atomic E-state index is 0.229. The van der Waals surface area contributed by atoms with E-state index in [1.54, 1.807) is 6.33 Å². The molecule has 0 saturated carbocycles. The van der Waals surface area contributed by atoms with Crippen LogP contribution in [0.1, 0.15) is 27.2 Å². The van der Waals surface area contributed by atoms with Gasteiger partial charge in [-0.2, -0.15) is 9.97 Å². The predicted molar refractivity (Wildman–Crippen MR) is 74.0 cm³/mol. The van der Waals surface area contributed by atoms with Crippen LogP contribution in [0.2, 0.25) is 5.28 Å². The minimum Gasteiger partial charge on any atom is -0.368 e. The van der Waals surface area contributed by atoms with Crippen molar-refractivity contribution < 1.29 is 0 Å². The molecular weight excluding hydrogens is 250 g/mol. The normalized spacial score (nSPS) is 11.4. The summed E-state index contributed by atoms with van der Waals surface area (Å²) >= 11 is 5.88. The summed E-state index contributed by atoms with van der Waals surface area (Å²) in [7, 11) is 0. The monoisotopic (exact) mass is 267 g/mol. The molecule has 98 valence electrons. The van der Waals surface area contributed by atoms with E-state index in [4.69, 9.17) is 11.6 Å². The zero-order chi connectivity index (χ0) is 13.1. The van der Waals surface area contributed by atoms with E-state index in [1.165, 1.54) is 0 Å². The van der Waals surface area contributed by atoms with Crippen LogP contribution in [0.15, 0.2) is 6.33 Å². The van der Waals surface area contributed by atoms with E-state index < -0.39 is 0 Å². The smallest absolute Gasteiger partial charge is 0.226 e. The molecule has 0 aliphatic heterocycles. The summed E-state index contributed by atoms with van der Waals surface area (Å²) in [4.78, 5) is 12.7. The van der Waals surface area contributed by atoms with Gasteiger partial charge in [-0.25, -0.2) is 4.98 Å². The highest BCUT2D eigenvalue weighted by atomic mass is 35.5. The van der Waals surface area contributed by atoms with Crippen LogP contribution in [0.3, 0.4) is 0 Å². The summed E-state index contributed by atoms with van der Waals surface area (Å²) in [5, 5.41) is 3.44. The Labute approximate surface area is 112 Å². The molecule has 2 aromatic rings. The Bertz CT molecular complexity index is 534. The molecule has 0 bridgehead atoms. The molecule has 0 fully saturated rings. The summed E-state index contributed by atoms with van der Waals surface area (Å²) in [6, 6.07) is 0. The van der Waals surface area contributed by atoms with E-state index in [-0.39, 0.29) is 5.28 Å². The number of hydrogen-bond donors (Lipinski definition) is 1. The Morgan fingerprint density at radius 2 is 2.17 bits per heavy atom. The average Bonchev–Trinajstić information content (AvgIpc) is 2.69. The first-order valence-corrected chi connectivity index (χ1v) is 6.61. The highest BCUT2D eigenvalue weighted by molar-refractivity contribution is 6.28. The zero-order valence-corrected chi connectivity index (χ0v) is 11.7. The third kappa shape index (κ3) is 2.72. The average molecular weight is 268 g/mol. The van der Waals surface area contributed by atoms with E-state index in [0.29, 0.717) is 11.6 Å². The molecule has 0 aliphatic rings. The summed E-state index contributed by atoms with van der Waals surface area (Å²) in [6.07, 6.45) is 2.90. The first-order valence-electron chi connectivity index (χ1n) is 6.24. The van der Waals surface area contributed by atoms with Gasteiger partial charge in [-0.15, -0.1) is 0 Å². The lowest BCUT2D eigenvalue weighted by Crippen LogP contribution is -2.06. The molecule has 0 atom stereocenters. The summed E-state index contributed by atoms with van der Waals surface area (Å²) in [5.74, 6) is 1.41. The van der Waals surface area contributed by atoms with Crippen molar-refractivity contribution >= 4 is 28.6 Å². The van der Waals surface area contributed by atoms with Crippen LogP contribution in [0.4, 0.5) is 5.82 Å². The van der Waals surface area contributed by atoms with E-state index >= 15 is 0 Å². The molecule has 0 aromatic carbocycles. The van der Waals surface area contributed by atoms with Crippen molar-refractivity contribution in [3.05, 3.63) is 11.6 Å². The van der Waals surface area contributed by atoms with Crippen LogP contribution in [-0.4, -0.2) is 26.1 Å². The quantitative estimate of drug-likeness (QED) is 0.847. The molecule has 6 heteroatoms. The summed E-state index contributed by atoms with van der Waals surface area (Å²) in [5.41, 5.74) is 1.58. The predicted octanol–water partition coefficient (Wildman–Crippen LogP) is 2.96. The molecule has 0 aliphatic carbocycles. The lowest BCUT2D eigenvalue weighted by atomic mass is 10.1. The Morgan fingerprint density at radius 1 is 1.39 bits per heavy atom. The Kier molecular flexibility index (Phi) is 4.01. The van der Waals surface area contributed by atoms with Crippen molar-refractivity contribution in [1.82, 2.24) is 19.5 Å². The third-order valence-electron chi connectivity index (χ3n) is 2.74. The molecule has 2 rings (SSSR count). The molecule has 18 heavy (non-hydrogen) atoms. The number of halogens is 1. The number of hydrogen-bond acceptors (Lipinski definition) is 4. The Hall–Kier alpha value is -1.36. The number of nitrogens with one attached hydrogen (secondary N) is 1. The maximum Gasteiger partial charge on any atom is 0.226 e. The largest absolute Gasteiger partial charge is 0.368 e. The van der Waals surface area contributed by atoms with Crippen LogP contribution in [0.25, 0.3) is 11.2 Å². The van der Waals surface area contributed by atoms with Gasteiger partial charge >= 0.3 is 0 Å². The van der Waals surface area contributed by atoms with Gasteiger partial charge in [0.05, 0.1) is 6.33 Å². The molecule has 0 saturated heterocycles. The SMILES string of the molecule is CCNc1nc(Cl)nc2ncn(CCC(C)C)c12. The van der Waals surface area contributed by atoms with Gasteiger partial charge in [0.25, 0.3) is 0 Å². The first kappa shape index (κ1) is 13.1. The van der Waals surface area contributed by atoms with Crippen molar-refractivity contribution in [2.75, 3.05) is 11.9 Å². The lowest BCUT2D eigenvalue weighted by Gasteiger charge is -2.10. The van der Waals surface area contributed by atoms with Crippen LogP contribution >= 0.6 is 11.6 Å². The lowest BCUT2D eigenvalue weighted by molar-refractivity contribution is 0.523. The van der Waals surface area contributed by atoms with Crippen LogP contribution in [-0.2, 0) is 6.54 Å². The van der Waals surface area contributed by atoms with Crippen molar-refractivity contribution in [2.45, 2.75) is 33.7 Å². The molecule has 0 amide bonds. The van der Waals surface area contributed by atoms with Gasteiger partial charge in [-0.1, -0.05) is 13.8 Å². The van der Waals surface area contributed by atoms with Crippen LogP contribution in [0, 0.1) is 5.92 Å². The standard InChI is InChI=1S/C12H18ClN5/c1-4-14-10-9-11(17-12(13)16-10)15-7-18(9)6-5-8(2)3/h7-8H,4-6H2,1-3H3,(H,14,16,17). The molecular formula is C12H18ClN5. The van der Waals surface area contributed by atoms with Crippen LogP contribution < -0.4 is 5.32 Å². The number of imidazole rings is 1. The fourth-order valence-corrected chi connectivity index (χ4v) is 1.98. The highest BCUT2D eigenvalue weighted by Gasteiger charge is 2.12. The molecule has 0 radical (unpaired) electrons. The number of fused-ring (bicyclic) bond motifs is 1. The Balaban J connectivity index is 2.42. The van der Waals surface area contributed by atoms with Gasteiger partial charge in [0.2, 0.25) is 5.28 Å². The molecule has 0 unspecified atom stereocenters. The molecule has 2 aromatic heterocycles. The van der Waals surface area contributed by atoms with Crippen molar-refractivity contribution in [2.24, 2.45) is 5.92 Å². The number of aromatic nitrogens is 4. The van der Waals surface area contributed by atoms with E-state index in [9.17, 15) is 0 Å². The molecule has 5 nitrogen and oxygen atoms in total. The van der Waals surface area contributed by atoms with Gasteiger partial charge in [-0.3, -0.25) is 0 Å². The second-order valence-electron chi connectivity index (χ2n) is 4.66. The maximum atomic E-state index is 5.88. The zero-order valence-electron chi connectivity index (χ0n) is 10.9. The molecule has 2 heterocycles. The summed E-state index contributed by atoms with van der Waals surface area (Å²) in [6.45, 7) is 8.14. The van der Waals surface area contributed by atoms with Crippen LogP contribution in [0.5, 0.6) is 0 Å².